The zero-order chi connectivity index (χ0) is 50.1. The van der Waals surface area contributed by atoms with Gasteiger partial charge in [-0.25, -0.2) is 4.57 Å². The van der Waals surface area contributed by atoms with E-state index < -0.39 is 81.8 Å². The van der Waals surface area contributed by atoms with Gasteiger partial charge in [0.15, 0.2) is 6.10 Å². The summed E-state index contributed by atoms with van der Waals surface area (Å²) in [5.74, 6) is -1.34. The van der Waals surface area contributed by atoms with Crippen molar-refractivity contribution in [3.63, 3.8) is 0 Å². The molecule has 0 bridgehead atoms. The van der Waals surface area contributed by atoms with Gasteiger partial charge in [0.1, 0.15) is 43.2 Å². The molecule has 0 aliphatic heterocycles. The zero-order valence-corrected chi connectivity index (χ0v) is 40.8. The number of hydrogen-bond acceptors (Lipinski definition) is 13. The van der Waals surface area contributed by atoms with Crippen LogP contribution >= 0.6 is 7.82 Å². The van der Waals surface area contributed by atoms with E-state index in [2.05, 4.69) is 80.7 Å². The first-order valence-electron chi connectivity index (χ1n) is 23.7. The minimum Gasteiger partial charge on any atom is -0.462 e. The number of aliphatic hydroxyl groups is 6. The number of carbonyl (C=O) groups excluding carboxylic acids is 2. The molecule has 0 saturated heterocycles. The Morgan fingerprint density at radius 2 is 0.912 bits per heavy atom. The Kier molecular flexibility index (Phi) is 36.8. The summed E-state index contributed by atoms with van der Waals surface area (Å²) < 4.78 is 33.3. The molecule has 0 aromatic carbocycles. The lowest BCUT2D eigenvalue weighted by atomic mass is 9.85. The van der Waals surface area contributed by atoms with Crippen molar-refractivity contribution in [2.75, 3.05) is 13.2 Å². The summed E-state index contributed by atoms with van der Waals surface area (Å²) in [4.78, 5) is 35.7. The minimum atomic E-state index is -5.18. The molecule has 380 valence electrons. The quantitative estimate of drug-likeness (QED) is 0.0135. The lowest BCUT2D eigenvalue weighted by Gasteiger charge is -2.41. The molecule has 7 N–H and O–H groups in total. The number of phosphoric ester groups is 1. The third-order valence-electron chi connectivity index (χ3n) is 9.78. The number of phosphoric acid groups is 1. The molecule has 15 heteroatoms. The van der Waals surface area contributed by atoms with Gasteiger partial charge in [-0.3, -0.25) is 18.6 Å². The van der Waals surface area contributed by atoms with Gasteiger partial charge in [-0.1, -0.05) is 160 Å². The van der Waals surface area contributed by atoms with Gasteiger partial charge in [-0.05, 0) is 83.5 Å². The molecular formula is C53H79O14P. The molecular weight excluding hydrogens is 892 g/mol. The second kappa shape index (κ2) is 40.6. The molecule has 1 aliphatic rings. The number of hydrogen-bond donors (Lipinski definition) is 7. The van der Waals surface area contributed by atoms with Gasteiger partial charge < -0.3 is 45.0 Å². The molecule has 0 spiro atoms. The van der Waals surface area contributed by atoms with E-state index in [9.17, 15) is 49.7 Å². The Morgan fingerprint density at radius 3 is 1.38 bits per heavy atom. The lowest BCUT2D eigenvalue weighted by Crippen LogP contribution is -2.64. The van der Waals surface area contributed by atoms with Crippen molar-refractivity contribution in [3.8, 4) is 0 Å². The topological polar surface area (TPSA) is 230 Å². The average molecular weight is 971 g/mol. The smallest absolute Gasteiger partial charge is 0.462 e. The normalized spacial score (nSPS) is 22.8. The monoisotopic (exact) mass is 971 g/mol. The highest BCUT2D eigenvalue weighted by Crippen LogP contribution is 2.47. The van der Waals surface area contributed by atoms with Crippen molar-refractivity contribution in [2.45, 2.75) is 159 Å². The Morgan fingerprint density at radius 1 is 0.515 bits per heavy atom. The summed E-state index contributed by atoms with van der Waals surface area (Å²) in [6.07, 6.45) is 43.7. The van der Waals surface area contributed by atoms with Gasteiger partial charge >= 0.3 is 19.8 Å². The van der Waals surface area contributed by atoms with Crippen LogP contribution in [0, 0.1) is 0 Å². The summed E-state index contributed by atoms with van der Waals surface area (Å²) in [7, 11) is -5.18. The van der Waals surface area contributed by atoms with Gasteiger partial charge in [0.05, 0.1) is 12.7 Å². The second-order valence-corrected chi connectivity index (χ2v) is 17.1. The standard InChI is InChI=1S/C53H79O14P/c1-3-5-7-9-11-12-13-14-15-16-17-18-19-20-21-25-28-32-36-40-46(55)64-42-45(43-65-68(62,63)67-53-51(60)49(58)48(57)50(59)52(53)61)66-47(56)41-37-33-29-26-23-22-24-27-31-35-39-44(54)38-34-30-10-8-6-4-2/h5-8,11-12,14-15,17-18,20-23,27-35,39,44-45,48-54,57-61H,3-4,9-10,13,16,19,24-26,36-38,40-43H2,1-2H3,(H,62,63)/b7-5-,8-6-,12-11-,15-14-,18-17-,21-20-,23-22-,31-27-,32-28-,33-29-,34-30-,39-35+/t44?,45-,48?,49-,50+,51-,52-,53?/m1/s1. The zero-order valence-electron chi connectivity index (χ0n) is 39.9. The van der Waals surface area contributed by atoms with Crippen molar-refractivity contribution in [2.24, 2.45) is 0 Å². The van der Waals surface area contributed by atoms with Crippen molar-refractivity contribution in [1.29, 1.82) is 0 Å². The summed E-state index contributed by atoms with van der Waals surface area (Å²) in [5, 5.41) is 60.2. The highest BCUT2D eigenvalue weighted by atomic mass is 31.2. The van der Waals surface area contributed by atoms with Crippen molar-refractivity contribution in [1.82, 2.24) is 0 Å². The molecule has 1 rings (SSSR count). The molecule has 68 heavy (non-hydrogen) atoms. The fourth-order valence-corrected chi connectivity index (χ4v) is 6.98. The lowest BCUT2D eigenvalue weighted by molar-refractivity contribution is -0.220. The Balaban J connectivity index is 2.59. The van der Waals surface area contributed by atoms with E-state index >= 15 is 0 Å². The summed E-state index contributed by atoms with van der Waals surface area (Å²) in [6, 6.07) is 0. The molecule has 14 nitrogen and oxygen atoms in total. The maximum atomic E-state index is 12.8. The number of rotatable bonds is 36. The summed E-state index contributed by atoms with van der Waals surface area (Å²) in [5.41, 5.74) is 0. The third kappa shape index (κ3) is 32.4. The third-order valence-corrected chi connectivity index (χ3v) is 10.8. The maximum Gasteiger partial charge on any atom is 0.472 e. The molecule has 0 heterocycles. The van der Waals surface area contributed by atoms with Crippen LogP contribution in [0.4, 0.5) is 0 Å². The first-order valence-corrected chi connectivity index (χ1v) is 25.2. The van der Waals surface area contributed by atoms with Gasteiger partial charge in [-0.15, -0.1) is 0 Å². The SMILES string of the molecule is CC/C=C\C/C=C\C/C=C\C/C=C\C/C=C\C/C=C\CCC(=O)OC[C@H](COP(=O)(O)OC1[C@H](O)[C@H](O)C(O)[C@H](O)[C@H]1O)OC(=O)CC/C=C\C/C=C\C/C=C\C=C\C(O)C/C=C\C/C=C\CC. The van der Waals surface area contributed by atoms with Crippen LogP contribution in [-0.4, -0.2) is 110 Å². The van der Waals surface area contributed by atoms with E-state index in [4.69, 9.17) is 18.5 Å². The van der Waals surface area contributed by atoms with E-state index in [1.807, 2.05) is 66.8 Å². The van der Waals surface area contributed by atoms with Crippen LogP contribution in [0.1, 0.15) is 110 Å². The van der Waals surface area contributed by atoms with Gasteiger partial charge in [0.25, 0.3) is 0 Å². The van der Waals surface area contributed by atoms with Crippen LogP contribution < -0.4 is 0 Å². The van der Waals surface area contributed by atoms with E-state index in [1.54, 1.807) is 12.2 Å². The summed E-state index contributed by atoms with van der Waals surface area (Å²) in [6.45, 7) is 2.86. The van der Waals surface area contributed by atoms with Gasteiger partial charge in [-0.2, -0.15) is 0 Å². The first kappa shape index (κ1) is 61.7. The molecule has 1 fully saturated rings. The predicted molar refractivity (Wildman–Crippen MR) is 268 cm³/mol. The Labute approximate surface area is 404 Å². The first-order chi connectivity index (χ1) is 32.8. The van der Waals surface area contributed by atoms with Crippen LogP contribution in [0.15, 0.2) is 146 Å². The largest absolute Gasteiger partial charge is 0.472 e. The van der Waals surface area contributed by atoms with Crippen LogP contribution in [0.2, 0.25) is 0 Å². The number of aliphatic hydroxyl groups excluding tert-OH is 6. The maximum absolute atomic E-state index is 12.8. The van der Waals surface area contributed by atoms with Crippen LogP contribution in [0.3, 0.4) is 0 Å². The van der Waals surface area contributed by atoms with E-state index in [-0.39, 0.29) is 12.8 Å². The highest BCUT2D eigenvalue weighted by Gasteiger charge is 2.51. The van der Waals surface area contributed by atoms with Gasteiger partial charge in [0.2, 0.25) is 0 Å². The second-order valence-electron chi connectivity index (χ2n) is 15.7. The Bertz CT molecular complexity index is 1750. The predicted octanol–water partition coefficient (Wildman–Crippen LogP) is 8.69. The molecule has 1 saturated carbocycles. The molecule has 9 atom stereocenters. The fourth-order valence-electron chi connectivity index (χ4n) is 6.01. The number of allylic oxidation sites excluding steroid dienone is 22. The van der Waals surface area contributed by atoms with E-state index in [0.717, 1.165) is 44.9 Å². The van der Waals surface area contributed by atoms with Crippen molar-refractivity contribution < 1.29 is 68.2 Å². The molecule has 1 aliphatic carbocycles. The minimum absolute atomic E-state index is 0.00573. The van der Waals surface area contributed by atoms with Crippen LogP contribution in [0.25, 0.3) is 0 Å². The van der Waals surface area contributed by atoms with E-state index in [1.165, 1.54) is 0 Å². The molecule has 0 aromatic heterocycles. The molecule has 0 radical (unpaired) electrons. The summed E-state index contributed by atoms with van der Waals surface area (Å²) >= 11 is 0. The highest BCUT2D eigenvalue weighted by molar-refractivity contribution is 7.47. The van der Waals surface area contributed by atoms with Gasteiger partial charge in [0, 0.05) is 12.8 Å². The molecule has 0 amide bonds. The van der Waals surface area contributed by atoms with Crippen LogP contribution in [-0.2, 0) is 32.7 Å². The number of esters is 2. The fraction of sp³-hybridized carbons (Fsp3) is 0.509. The number of ether oxygens (including phenoxy) is 2. The van der Waals surface area contributed by atoms with E-state index in [0.29, 0.717) is 38.5 Å². The van der Waals surface area contributed by atoms with Crippen molar-refractivity contribution in [3.05, 3.63) is 146 Å². The molecule has 4 unspecified atom stereocenters. The van der Waals surface area contributed by atoms with Crippen LogP contribution in [0.5, 0.6) is 0 Å². The van der Waals surface area contributed by atoms with Crippen molar-refractivity contribution >= 4 is 19.8 Å². The average Bonchev–Trinajstić information content (AvgIpc) is 3.32. The Hall–Kier alpha value is -4.31. The molecule has 0 aromatic rings. The number of carbonyl (C=O) groups is 2.